The highest BCUT2D eigenvalue weighted by atomic mass is 16.1. The van der Waals surface area contributed by atoms with Gasteiger partial charge < -0.3 is 15.5 Å². The van der Waals surface area contributed by atoms with E-state index >= 15 is 0 Å². The molecule has 0 bridgehead atoms. The number of hydrogen-bond acceptors (Lipinski definition) is 3. The fourth-order valence-corrected chi connectivity index (χ4v) is 2.73. The Labute approximate surface area is 97.8 Å². The molecule has 2 heterocycles. The van der Waals surface area contributed by atoms with Gasteiger partial charge in [0.25, 0.3) is 0 Å². The lowest BCUT2D eigenvalue weighted by Gasteiger charge is -2.16. The van der Waals surface area contributed by atoms with Crippen molar-refractivity contribution >= 4 is 5.91 Å². The highest BCUT2D eigenvalue weighted by Crippen LogP contribution is 2.17. The van der Waals surface area contributed by atoms with Crippen molar-refractivity contribution in [1.29, 1.82) is 0 Å². The zero-order valence-corrected chi connectivity index (χ0v) is 10.3. The quantitative estimate of drug-likeness (QED) is 0.705. The Morgan fingerprint density at radius 3 is 2.88 bits per heavy atom. The summed E-state index contributed by atoms with van der Waals surface area (Å²) in [6.45, 7) is 7.11. The highest BCUT2D eigenvalue weighted by molar-refractivity contribution is 5.79. The van der Waals surface area contributed by atoms with E-state index in [1.165, 1.54) is 13.0 Å². The first-order valence-electron chi connectivity index (χ1n) is 6.34. The van der Waals surface area contributed by atoms with Crippen LogP contribution < -0.4 is 10.6 Å². The molecule has 0 aromatic heterocycles. The van der Waals surface area contributed by atoms with E-state index in [0.717, 1.165) is 26.2 Å². The van der Waals surface area contributed by atoms with Crippen molar-refractivity contribution < 1.29 is 4.79 Å². The van der Waals surface area contributed by atoms with Crippen molar-refractivity contribution in [2.75, 3.05) is 39.8 Å². The van der Waals surface area contributed by atoms with Crippen LogP contribution in [0.25, 0.3) is 0 Å². The Hall–Kier alpha value is -0.610. The van der Waals surface area contributed by atoms with Gasteiger partial charge in [0.05, 0.1) is 5.92 Å². The number of nitrogens with zero attached hydrogens (tertiary/aromatic N) is 1. The van der Waals surface area contributed by atoms with E-state index in [1.807, 2.05) is 0 Å². The SMILES string of the molecule is CC1CNCC1C(=O)NCC1CCN(C)C1. The second-order valence-corrected chi connectivity index (χ2v) is 5.40. The number of likely N-dealkylation sites (tertiary alicyclic amines) is 1. The fraction of sp³-hybridized carbons (Fsp3) is 0.917. The number of carbonyl (C=O) groups excluding carboxylic acids is 1. The molecule has 2 rings (SSSR count). The molecule has 4 nitrogen and oxygen atoms in total. The Morgan fingerprint density at radius 2 is 2.31 bits per heavy atom. The molecule has 2 aliphatic rings. The van der Waals surface area contributed by atoms with Crippen LogP contribution in [0, 0.1) is 17.8 Å². The first kappa shape index (κ1) is 11.9. The van der Waals surface area contributed by atoms with Crippen LogP contribution in [0.2, 0.25) is 0 Å². The fourth-order valence-electron chi connectivity index (χ4n) is 2.73. The van der Waals surface area contributed by atoms with Gasteiger partial charge in [-0.25, -0.2) is 0 Å². The van der Waals surface area contributed by atoms with Crippen LogP contribution in [0.3, 0.4) is 0 Å². The maximum atomic E-state index is 11.9. The van der Waals surface area contributed by atoms with Crippen molar-refractivity contribution in [3.63, 3.8) is 0 Å². The molecule has 16 heavy (non-hydrogen) atoms. The summed E-state index contributed by atoms with van der Waals surface area (Å²) in [7, 11) is 2.14. The van der Waals surface area contributed by atoms with Crippen LogP contribution in [0.4, 0.5) is 0 Å². The molecule has 0 aromatic carbocycles. The largest absolute Gasteiger partial charge is 0.355 e. The summed E-state index contributed by atoms with van der Waals surface area (Å²) >= 11 is 0. The first-order chi connectivity index (χ1) is 7.66. The second kappa shape index (κ2) is 5.15. The van der Waals surface area contributed by atoms with E-state index in [-0.39, 0.29) is 11.8 Å². The molecule has 2 fully saturated rings. The van der Waals surface area contributed by atoms with Crippen molar-refractivity contribution in [3.05, 3.63) is 0 Å². The minimum absolute atomic E-state index is 0.180. The number of carbonyl (C=O) groups is 1. The molecule has 2 saturated heterocycles. The molecule has 0 saturated carbocycles. The molecule has 4 heteroatoms. The molecule has 3 atom stereocenters. The molecule has 2 aliphatic heterocycles. The summed E-state index contributed by atoms with van der Waals surface area (Å²) in [6.07, 6.45) is 1.22. The third-order valence-electron chi connectivity index (χ3n) is 3.91. The lowest BCUT2D eigenvalue weighted by atomic mass is 9.97. The Bertz CT molecular complexity index is 257. The summed E-state index contributed by atoms with van der Waals surface area (Å²) in [5.41, 5.74) is 0. The monoisotopic (exact) mass is 225 g/mol. The molecule has 1 amide bonds. The smallest absolute Gasteiger partial charge is 0.224 e. The van der Waals surface area contributed by atoms with Crippen LogP contribution >= 0.6 is 0 Å². The number of hydrogen-bond donors (Lipinski definition) is 2. The zero-order valence-electron chi connectivity index (χ0n) is 10.3. The van der Waals surface area contributed by atoms with E-state index in [4.69, 9.17) is 0 Å². The Kier molecular flexibility index (Phi) is 3.82. The van der Waals surface area contributed by atoms with E-state index in [2.05, 4.69) is 29.5 Å². The van der Waals surface area contributed by atoms with Crippen LogP contribution in [-0.4, -0.2) is 50.6 Å². The molecule has 0 spiro atoms. The predicted octanol–water partition coefficient (Wildman–Crippen LogP) is -0.0902. The average Bonchev–Trinajstić information content (AvgIpc) is 2.84. The molecule has 0 aromatic rings. The number of rotatable bonds is 3. The molecule has 3 unspecified atom stereocenters. The van der Waals surface area contributed by atoms with Crippen LogP contribution in [0.1, 0.15) is 13.3 Å². The van der Waals surface area contributed by atoms with Crippen LogP contribution in [-0.2, 0) is 4.79 Å². The normalized spacial score (nSPS) is 35.5. The number of nitrogens with one attached hydrogen (secondary N) is 2. The lowest BCUT2D eigenvalue weighted by molar-refractivity contribution is -0.125. The standard InChI is InChI=1S/C12H23N3O/c1-9-5-13-7-11(9)12(16)14-6-10-3-4-15(2)8-10/h9-11,13H,3-8H2,1-2H3,(H,14,16). The molecular weight excluding hydrogens is 202 g/mol. The van der Waals surface area contributed by atoms with Gasteiger partial charge >= 0.3 is 0 Å². The van der Waals surface area contributed by atoms with Gasteiger partial charge in [-0.15, -0.1) is 0 Å². The summed E-state index contributed by atoms with van der Waals surface area (Å²) in [6, 6.07) is 0. The minimum Gasteiger partial charge on any atom is -0.355 e. The molecule has 92 valence electrons. The van der Waals surface area contributed by atoms with Gasteiger partial charge in [-0.1, -0.05) is 6.92 Å². The van der Waals surface area contributed by atoms with Crippen molar-refractivity contribution in [2.24, 2.45) is 17.8 Å². The zero-order chi connectivity index (χ0) is 11.5. The van der Waals surface area contributed by atoms with Crippen LogP contribution in [0.15, 0.2) is 0 Å². The molecule has 2 N–H and O–H groups in total. The van der Waals surface area contributed by atoms with Gasteiger partial charge in [-0.3, -0.25) is 4.79 Å². The minimum atomic E-state index is 0.180. The predicted molar refractivity (Wildman–Crippen MR) is 64.1 cm³/mol. The van der Waals surface area contributed by atoms with Crippen LogP contribution in [0.5, 0.6) is 0 Å². The molecule has 0 aliphatic carbocycles. The third-order valence-corrected chi connectivity index (χ3v) is 3.91. The van der Waals surface area contributed by atoms with Crippen molar-refractivity contribution in [2.45, 2.75) is 13.3 Å². The summed E-state index contributed by atoms with van der Waals surface area (Å²) in [4.78, 5) is 14.3. The van der Waals surface area contributed by atoms with Gasteiger partial charge in [0.15, 0.2) is 0 Å². The maximum absolute atomic E-state index is 11.9. The van der Waals surface area contributed by atoms with E-state index in [1.54, 1.807) is 0 Å². The Morgan fingerprint density at radius 1 is 1.50 bits per heavy atom. The summed E-state index contributed by atoms with van der Waals surface area (Å²) < 4.78 is 0. The molecular formula is C12H23N3O. The van der Waals surface area contributed by atoms with E-state index in [9.17, 15) is 4.79 Å². The second-order valence-electron chi connectivity index (χ2n) is 5.40. The van der Waals surface area contributed by atoms with Gasteiger partial charge in [-0.2, -0.15) is 0 Å². The first-order valence-corrected chi connectivity index (χ1v) is 6.34. The van der Waals surface area contributed by atoms with Gasteiger partial charge in [-0.05, 0) is 38.4 Å². The lowest BCUT2D eigenvalue weighted by Crippen LogP contribution is -2.37. The van der Waals surface area contributed by atoms with E-state index < -0.39 is 0 Å². The number of amides is 1. The summed E-state index contributed by atoms with van der Waals surface area (Å²) in [5, 5.41) is 6.38. The Balaban J connectivity index is 1.71. The van der Waals surface area contributed by atoms with Gasteiger partial charge in [0.2, 0.25) is 5.91 Å². The van der Waals surface area contributed by atoms with E-state index in [0.29, 0.717) is 11.8 Å². The van der Waals surface area contributed by atoms with Gasteiger partial charge in [0.1, 0.15) is 0 Å². The topological polar surface area (TPSA) is 44.4 Å². The maximum Gasteiger partial charge on any atom is 0.224 e. The van der Waals surface area contributed by atoms with Crippen molar-refractivity contribution in [1.82, 2.24) is 15.5 Å². The molecule has 0 radical (unpaired) electrons. The van der Waals surface area contributed by atoms with Crippen molar-refractivity contribution in [3.8, 4) is 0 Å². The highest BCUT2D eigenvalue weighted by Gasteiger charge is 2.30. The summed E-state index contributed by atoms with van der Waals surface area (Å²) in [5.74, 6) is 1.55. The van der Waals surface area contributed by atoms with Gasteiger partial charge in [0, 0.05) is 19.6 Å². The average molecular weight is 225 g/mol. The third kappa shape index (κ3) is 2.74.